The molecule has 7 nitrogen and oxygen atoms in total. The molecule has 3 heterocycles. The fraction of sp³-hybridized carbons (Fsp3) is 0.611. The highest BCUT2D eigenvalue weighted by Gasteiger charge is 2.43. The van der Waals surface area contributed by atoms with Gasteiger partial charge in [-0.2, -0.15) is 0 Å². The number of aromatic nitrogens is 1. The number of aliphatic hydroxyl groups is 1. The molecule has 25 heavy (non-hydrogen) atoms. The second-order valence-corrected chi connectivity index (χ2v) is 7.14. The van der Waals surface area contributed by atoms with Crippen LogP contribution in [0.2, 0.25) is 0 Å². The third-order valence-electron chi connectivity index (χ3n) is 5.37. The zero-order valence-corrected chi connectivity index (χ0v) is 14.8. The number of hydrogen-bond acceptors (Lipinski definition) is 5. The quantitative estimate of drug-likeness (QED) is 0.860. The average molecular weight is 347 g/mol. The number of hydrogen-bond donors (Lipinski definition) is 1. The van der Waals surface area contributed by atoms with Gasteiger partial charge in [0.15, 0.2) is 0 Å². The summed E-state index contributed by atoms with van der Waals surface area (Å²) in [7, 11) is 1.52. The van der Waals surface area contributed by atoms with E-state index < -0.39 is 6.10 Å². The Hall–Kier alpha value is -2.15. The standard InChI is InChI=1S/C18H25N3O4/c1-13(22)21-11-15(23)10-18(12-21)4-7-20(8-5-18)17(24)14-3-6-19-16(9-14)25-2/h3,6,9,15,23H,4-5,7-8,10-12H2,1-2H3. The van der Waals surface area contributed by atoms with Gasteiger partial charge in [0, 0.05) is 50.9 Å². The number of carbonyl (C=O) groups excluding carboxylic acids is 2. The van der Waals surface area contributed by atoms with Gasteiger partial charge in [0.25, 0.3) is 5.91 Å². The minimum atomic E-state index is -0.482. The normalized spacial score (nSPS) is 22.8. The van der Waals surface area contributed by atoms with Crippen molar-refractivity contribution in [1.82, 2.24) is 14.8 Å². The fourth-order valence-corrected chi connectivity index (χ4v) is 3.98. The number of aliphatic hydroxyl groups excluding tert-OH is 1. The van der Waals surface area contributed by atoms with Crippen molar-refractivity contribution in [2.24, 2.45) is 5.41 Å². The first-order chi connectivity index (χ1) is 11.9. The van der Waals surface area contributed by atoms with E-state index in [-0.39, 0.29) is 17.2 Å². The molecule has 1 atom stereocenters. The fourth-order valence-electron chi connectivity index (χ4n) is 3.98. The number of piperidine rings is 2. The zero-order valence-electron chi connectivity index (χ0n) is 14.8. The number of ether oxygens (including phenoxy) is 1. The van der Waals surface area contributed by atoms with Gasteiger partial charge in [-0.25, -0.2) is 4.98 Å². The molecular weight excluding hydrogens is 322 g/mol. The van der Waals surface area contributed by atoms with E-state index >= 15 is 0 Å². The molecule has 1 N–H and O–H groups in total. The largest absolute Gasteiger partial charge is 0.481 e. The van der Waals surface area contributed by atoms with Gasteiger partial charge in [0.05, 0.1) is 13.2 Å². The first kappa shape index (κ1) is 17.7. The van der Waals surface area contributed by atoms with Crippen LogP contribution in [0.3, 0.4) is 0 Å². The van der Waals surface area contributed by atoms with E-state index in [4.69, 9.17) is 4.74 Å². The highest BCUT2D eigenvalue weighted by Crippen LogP contribution is 2.40. The van der Waals surface area contributed by atoms with Crippen LogP contribution < -0.4 is 4.74 Å². The second kappa shape index (κ2) is 7.00. The monoisotopic (exact) mass is 347 g/mol. The molecule has 2 aliphatic heterocycles. The van der Waals surface area contributed by atoms with Gasteiger partial charge in [-0.15, -0.1) is 0 Å². The molecule has 0 bridgehead atoms. The van der Waals surface area contributed by atoms with E-state index in [9.17, 15) is 14.7 Å². The van der Waals surface area contributed by atoms with E-state index in [1.807, 2.05) is 4.90 Å². The molecular formula is C18H25N3O4. The van der Waals surface area contributed by atoms with Crippen LogP contribution in [0.1, 0.15) is 36.5 Å². The molecule has 0 saturated carbocycles. The van der Waals surface area contributed by atoms with Crippen LogP contribution in [0.15, 0.2) is 18.3 Å². The van der Waals surface area contributed by atoms with Crippen molar-refractivity contribution in [3.05, 3.63) is 23.9 Å². The van der Waals surface area contributed by atoms with Gasteiger partial charge < -0.3 is 19.6 Å². The van der Waals surface area contributed by atoms with Crippen LogP contribution in [0.4, 0.5) is 0 Å². The summed E-state index contributed by atoms with van der Waals surface area (Å²) in [5, 5.41) is 10.2. The number of pyridine rings is 1. The van der Waals surface area contributed by atoms with Crippen molar-refractivity contribution >= 4 is 11.8 Å². The van der Waals surface area contributed by atoms with E-state index in [1.165, 1.54) is 7.11 Å². The van der Waals surface area contributed by atoms with Crippen LogP contribution in [0.25, 0.3) is 0 Å². The molecule has 7 heteroatoms. The molecule has 1 aromatic heterocycles. The lowest BCUT2D eigenvalue weighted by Crippen LogP contribution is -2.55. The number of nitrogens with zero attached hydrogens (tertiary/aromatic N) is 3. The molecule has 1 unspecified atom stereocenters. The summed E-state index contributed by atoms with van der Waals surface area (Å²) in [6.07, 6.45) is 3.37. The molecule has 0 aliphatic carbocycles. The summed E-state index contributed by atoms with van der Waals surface area (Å²) in [4.78, 5) is 32.0. The molecule has 0 aromatic carbocycles. The zero-order chi connectivity index (χ0) is 18.0. The van der Waals surface area contributed by atoms with E-state index in [0.717, 1.165) is 12.8 Å². The molecule has 1 aromatic rings. The Balaban J connectivity index is 1.66. The number of carbonyl (C=O) groups is 2. The molecule has 2 amide bonds. The number of likely N-dealkylation sites (tertiary alicyclic amines) is 2. The molecule has 3 rings (SSSR count). The van der Waals surface area contributed by atoms with Crippen molar-refractivity contribution in [2.75, 3.05) is 33.3 Å². The smallest absolute Gasteiger partial charge is 0.254 e. The molecule has 2 fully saturated rings. The van der Waals surface area contributed by atoms with Crippen LogP contribution >= 0.6 is 0 Å². The molecule has 2 aliphatic rings. The number of amides is 2. The Labute approximate surface area is 147 Å². The Morgan fingerprint density at radius 3 is 2.68 bits per heavy atom. The predicted molar refractivity (Wildman–Crippen MR) is 91.2 cm³/mol. The summed E-state index contributed by atoms with van der Waals surface area (Å²) in [6, 6.07) is 3.34. The molecule has 136 valence electrons. The predicted octanol–water partition coefficient (Wildman–Crippen LogP) is 0.926. The summed E-state index contributed by atoms with van der Waals surface area (Å²) < 4.78 is 5.08. The number of methoxy groups -OCH3 is 1. The lowest BCUT2D eigenvalue weighted by Gasteiger charge is -2.49. The average Bonchev–Trinajstić information content (AvgIpc) is 2.61. The highest BCUT2D eigenvalue weighted by molar-refractivity contribution is 5.94. The van der Waals surface area contributed by atoms with E-state index in [1.54, 1.807) is 30.2 Å². The van der Waals surface area contributed by atoms with Crippen LogP contribution in [0, 0.1) is 5.41 Å². The Morgan fingerprint density at radius 1 is 1.32 bits per heavy atom. The van der Waals surface area contributed by atoms with Gasteiger partial charge >= 0.3 is 0 Å². The third kappa shape index (κ3) is 3.76. The van der Waals surface area contributed by atoms with Crippen LogP contribution in [-0.2, 0) is 4.79 Å². The minimum absolute atomic E-state index is 0.000474. The number of rotatable bonds is 2. The maximum Gasteiger partial charge on any atom is 0.254 e. The van der Waals surface area contributed by atoms with E-state index in [2.05, 4.69) is 4.98 Å². The minimum Gasteiger partial charge on any atom is -0.481 e. The first-order valence-corrected chi connectivity index (χ1v) is 8.65. The van der Waals surface area contributed by atoms with Crippen LogP contribution in [0.5, 0.6) is 5.88 Å². The lowest BCUT2D eigenvalue weighted by atomic mass is 9.71. The topological polar surface area (TPSA) is 83.0 Å². The number of β-amino-alcohol motifs (C(OH)–C–C–N with tert-alkyl or cyclic N) is 1. The summed E-state index contributed by atoms with van der Waals surface area (Å²) in [5.74, 6) is 0.391. The van der Waals surface area contributed by atoms with E-state index in [0.29, 0.717) is 44.0 Å². The maximum absolute atomic E-state index is 12.7. The Morgan fingerprint density at radius 2 is 2.04 bits per heavy atom. The summed E-state index contributed by atoms with van der Waals surface area (Å²) in [6.45, 7) is 3.88. The Kier molecular flexibility index (Phi) is 4.94. The van der Waals surface area contributed by atoms with Crippen molar-refractivity contribution in [3.63, 3.8) is 0 Å². The third-order valence-corrected chi connectivity index (χ3v) is 5.37. The van der Waals surface area contributed by atoms with Gasteiger partial charge in [-0.3, -0.25) is 9.59 Å². The summed E-state index contributed by atoms with van der Waals surface area (Å²) >= 11 is 0. The second-order valence-electron chi connectivity index (χ2n) is 7.14. The highest BCUT2D eigenvalue weighted by atomic mass is 16.5. The van der Waals surface area contributed by atoms with Crippen LogP contribution in [-0.4, -0.2) is 71.1 Å². The van der Waals surface area contributed by atoms with Gasteiger partial charge in [0.2, 0.25) is 11.8 Å². The van der Waals surface area contributed by atoms with Crippen molar-refractivity contribution < 1.29 is 19.4 Å². The first-order valence-electron chi connectivity index (χ1n) is 8.65. The lowest BCUT2D eigenvalue weighted by molar-refractivity contribution is -0.137. The van der Waals surface area contributed by atoms with Gasteiger partial charge in [0.1, 0.15) is 0 Å². The Bertz CT molecular complexity index is 655. The van der Waals surface area contributed by atoms with Crippen molar-refractivity contribution in [1.29, 1.82) is 0 Å². The molecule has 2 saturated heterocycles. The van der Waals surface area contributed by atoms with Gasteiger partial charge in [-0.1, -0.05) is 0 Å². The van der Waals surface area contributed by atoms with Crippen molar-refractivity contribution in [2.45, 2.75) is 32.3 Å². The SMILES string of the molecule is COc1cc(C(=O)N2CCC3(CC2)CC(O)CN(C(C)=O)C3)ccn1. The molecule has 1 spiro atoms. The van der Waals surface area contributed by atoms with Gasteiger partial charge in [-0.05, 0) is 30.7 Å². The maximum atomic E-state index is 12.7. The molecule has 0 radical (unpaired) electrons. The summed E-state index contributed by atoms with van der Waals surface area (Å²) in [5.41, 5.74) is 0.479. The van der Waals surface area contributed by atoms with Crippen molar-refractivity contribution in [3.8, 4) is 5.88 Å².